The molecule has 0 saturated heterocycles. The smallest absolute Gasteiger partial charge is 0.414 e. The third kappa shape index (κ3) is 2.53. The molecule has 8 nitrogen and oxygen atoms in total. The van der Waals surface area contributed by atoms with E-state index < -0.39 is 42.9 Å². The SMILES string of the molecule is CC1(C)Nc2ccc(F)c(n2)[C@]2(C)N=C(NC(=O)O1)C(C)(C)[S@]1(=O)=NCC[C@H]21. The van der Waals surface area contributed by atoms with Crippen LogP contribution in [0.1, 0.15) is 46.7 Å². The molecule has 2 N–H and O–H groups in total. The zero-order valence-corrected chi connectivity index (χ0v) is 17.3. The number of alkyl carbamates (subject to hydrolysis) is 1. The lowest BCUT2D eigenvalue weighted by atomic mass is 9.89. The van der Waals surface area contributed by atoms with Crippen LogP contribution in [-0.2, 0) is 20.0 Å². The highest BCUT2D eigenvalue weighted by molar-refractivity contribution is 7.96. The first-order valence-electron chi connectivity index (χ1n) is 9.16. The Morgan fingerprint density at radius 2 is 1.96 bits per heavy atom. The summed E-state index contributed by atoms with van der Waals surface area (Å²) in [6, 6.07) is 2.76. The van der Waals surface area contributed by atoms with Crippen LogP contribution >= 0.6 is 0 Å². The van der Waals surface area contributed by atoms with Crippen LogP contribution in [0.4, 0.5) is 15.0 Å². The summed E-state index contributed by atoms with van der Waals surface area (Å²) in [4.78, 5) is 21.7. The van der Waals surface area contributed by atoms with Crippen molar-refractivity contribution in [1.82, 2.24) is 10.3 Å². The van der Waals surface area contributed by atoms with Gasteiger partial charge in [-0.05, 0) is 53.2 Å². The number of hydrogen-bond acceptors (Lipinski definition) is 7. The minimum atomic E-state index is -2.87. The maximum absolute atomic E-state index is 14.9. The van der Waals surface area contributed by atoms with Crippen molar-refractivity contribution in [2.45, 2.75) is 62.3 Å². The molecule has 4 rings (SSSR count). The van der Waals surface area contributed by atoms with Crippen molar-refractivity contribution in [3.8, 4) is 0 Å². The Morgan fingerprint density at radius 1 is 1.25 bits per heavy atom. The molecule has 0 fully saturated rings. The van der Waals surface area contributed by atoms with Crippen molar-refractivity contribution >= 4 is 27.5 Å². The number of nitrogens with zero attached hydrogens (tertiary/aromatic N) is 3. The molecule has 4 bridgehead atoms. The topological polar surface area (TPSA) is 105 Å². The van der Waals surface area contributed by atoms with E-state index in [4.69, 9.17) is 9.73 Å². The first kappa shape index (κ1) is 19.1. The van der Waals surface area contributed by atoms with Crippen LogP contribution in [-0.4, -0.2) is 43.4 Å². The lowest BCUT2D eigenvalue weighted by molar-refractivity contribution is 0.0623. The number of anilines is 1. The van der Waals surface area contributed by atoms with E-state index in [0.717, 1.165) is 0 Å². The van der Waals surface area contributed by atoms with Gasteiger partial charge in [0, 0.05) is 6.54 Å². The van der Waals surface area contributed by atoms with Crippen LogP contribution in [0.2, 0.25) is 0 Å². The largest absolute Gasteiger partial charge is 0.423 e. The Bertz CT molecular complexity index is 1030. The van der Waals surface area contributed by atoms with Gasteiger partial charge in [0.2, 0.25) is 0 Å². The van der Waals surface area contributed by atoms with Crippen molar-refractivity contribution < 1.29 is 18.1 Å². The Hall–Kier alpha value is -2.23. The van der Waals surface area contributed by atoms with Gasteiger partial charge in [0.05, 0.1) is 15.0 Å². The summed E-state index contributed by atoms with van der Waals surface area (Å²) in [7, 11) is -2.87. The number of halogens is 1. The number of carbonyl (C=O) groups is 1. The number of aliphatic imine (C=N–C) groups is 1. The zero-order chi connectivity index (χ0) is 20.5. The van der Waals surface area contributed by atoms with Crippen LogP contribution in [0, 0.1) is 5.82 Å². The molecule has 0 spiro atoms. The second-order valence-corrected chi connectivity index (χ2v) is 11.5. The molecule has 1 aromatic rings. The fraction of sp³-hybridized carbons (Fsp3) is 0.611. The minimum absolute atomic E-state index is 0.0762. The molecule has 0 unspecified atom stereocenters. The van der Waals surface area contributed by atoms with Gasteiger partial charge in [-0.3, -0.25) is 10.3 Å². The molecule has 0 aromatic carbocycles. The molecule has 1 amide bonds. The van der Waals surface area contributed by atoms with Gasteiger partial charge in [-0.25, -0.2) is 22.7 Å². The fourth-order valence-corrected chi connectivity index (χ4v) is 7.36. The van der Waals surface area contributed by atoms with Crippen LogP contribution < -0.4 is 10.6 Å². The quantitative estimate of drug-likeness (QED) is 0.685. The molecule has 0 aliphatic carbocycles. The number of amides is 1. The van der Waals surface area contributed by atoms with Gasteiger partial charge in [-0.15, -0.1) is 0 Å². The molecule has 0 radical (unpaired) electrons. The zero-order valence-electron chi connectivity index (χ0n) is 16.5. The van der Waals surface area contributed by atoms with E-state index in [1.807, 2.05) is 0 Å². The van der Waals surface area contributed by atoms with Crippen molar-refractivity contribution in [3.63, 3.8) is 0 Å². The molecule has 0 saturated carbocycles. The highest BCUT2D eigenvalue weighted by Gasteiger charge is 2.58. The van der Waals surface area contributed by atoms with Gasteiger partial charge in [0.25, 0.3) is 0 Å². The van der Waals surface area contributed by atoms with Crippen LogP contribution in [0.5, 0.6) is 0 Å². The number of cyclic esters (lactones) is 1. The normalized spacial score (nSPS) is 35.1. The molecular formula is C18H24FN5O3S. The van der Waals surface area contributed by atoms with Gasteiger partial charge in [0.1, 0.15) is 33.5 Å². The summed E-state index contributed by atoms with van der Waals surface area (Å²) in [5.41, 5.74) is -2.28. The number of rotatable bonds is 0. The van der Waals surface area contributed by atoms with Crippen LogP contribution in [0.3, 0.4) is 0 Å². The van der Waals surface area contributed by atoms with E-state index in [0.29, 0.717) is 18.8 Å². The van der Waals surface area contributed by atoms with Gasteiger partial charge in [0.15, 0.2) is 5.72 Å². The van der Waals surface area contributed by atoms with Crippen LogP contribution in [0.25, 0.3) is 0 Å². The molecule has 3 aliphatic rings. The van der Waals surface area contributed by atoms with E-state index >= 15 is 0 Å². The molecule has 3 atom stereocenters. The Balaban J connectivity index is 2.04. The van der Waals surface area contributed by atoms with E-state index in [-0.39, 0.29) is 11.5 Å². The average molecular weight is 409 g/mol. The Labute approximate surface area is 163 Å². The summed E-state index contributed by atoms with van der Waals surface area (Å²) in [6.45, 7) is 8.87. The summed E-state index contributed by atoms with van der Waals surface area (Å²) in [5, 5.41) is 5.11. The van der Waals surface area contributed by atoms with Crippen molar-refractivity contribution in [2.24, 2.45) is 9.36 Å². The summed E-state index contributed by atoms with van der Waals surface area (Å²) < 4.78 is 37.8. The van der Waals surface area contributed by atoms with Gasteiger partial charge in [-0.2, -0.15) is 0 Å². The third-order valence-electron chi connectivity index (χ3n) is 5.66. The first-order chi connectivity index (χ1) is 12.9. The van der Waals surface area contributed by atoms with Gasteiger partial charge in [-0.1, -0.05) is 0 Å². The van der Waals surface area contributed by atoms with Gasteiger partial charge < -0.3 is 10.1 Å². The highest BCUT2D eigenvalue weighted by atomic mass is 32.2. The summed E-state index contributed by atoms with van der Waals surface area (Å²) in [5.74, 6) is -0.0506. The number of fused-ring (bicyclic) bond motifs is 6. The number of pyridine rings is 1. The summed E-state index contributed by atoms with van der Waals surface area (Å²) in [6.07, 6.45) is -0.244. The predicted molar refractivity (Wildman–Crippen MR) is 104 cm³/mol. The van der Waals surface area contributed by atoms with Crippen molar-refractivity contribution in [3.05, 3.63) is 23.6 Å². The number of hydrogen-bond donors (Lipinski definition) is 2. The molecule has 4 heterocycles. The Kier molecular flexibility index (Phi) is 3.85. The lowest BCUT2D eigenvalue weighted by Gasteiger charge is -2.44. The highest BCUT2D eigenvalue weighted by Crippen LogP contribution is 2.47. The molecule has 152 valence electrons. The van der Waals surface area contributed by atoms with Gasteiger partial charge >= 0.3 is 6.09 Å². The van der Waals surface area contributed by atoms with Crippen molar-refractivity contribution in [1.29, 1.82) is 0 Å². The number of ether oxygens (including phenoxy) is 1. The Morgan fingerprint density at radius 3 is 2.68 bits per heavy atom. The predicted octanol–water partition coefficient (Wildman–Crippen LogP) is 2.75. The lowest BCUT2D eigenvalue weighted by Crippen LogP contribution is -2.60. The number of nitrogens with one attached hydrogen (secondary N) is 2. The van der Waals surface area contributed by atoms with Crippen LogP contribution in [0.15, 0.2) is 21.5 Å². The van der Waals surface area contributed by atoms with Crippen molar-refractivity contribution in [2.75, 3.05) is 11.9 Å². The van der Waals surface area contributed by atoms with E-state index in [1.165, 1.54) is 12.1 Å². The second-order valence-electron chi connectivity index (χ2n) is 8.49. The maximum Gasteiger partial charge on any atom is 0.414 e. The van der Waals surface area contributed by atoms with E-state index in [9.17, 15) is 13.4 Å². The standard InChI is InChI=1S/C18H24FN5O3S/c1-16(2)14-22-15(25)27-17(3,4)23-12-7-6-10(19)13(21-12)18(5,24-14)11-8-9-20-28(11,16)26/h6-7,11H,8-9H2,1-5H3,(H,21,23)(H,22,24,25)/t11-,18-,28+/m1/s1. The van der Waals surface area contributed by atoms with E-state index in [1.54, 1.807) is 34.6 Å². The molecule has 10 heteroatoms. The molecular weight excluding hydrogens is 385 g/mol. The third-order valence-corrected chi connectivity index (χ3v) is 9.34. The fourth-order valence-electron chi connectivity index (χ4n) is 4.18. The minimum Gasteiger partial charge on any atom is -0.423 e. The summed E-state index contributed by atoms with van der Waals surface area (Å²) >= 11 is 0. The molecule has 28 heavy (non-hydrogen) atoms. The second kappa shape index (κ2) is 5.65. The average Bonchev–Trinajstić information content (AvgIpc) is 2.98. The maximum atomic E-state index is 14.9. The number of carbonyl (C=O) groups excluding carboxylic acids is 1. The number of aromatic nitrogens is 1. The number of amidine groups is 1. The first-order valence-corrected chi connectivity index (χ1v) is 10.7. The van der Waals surface area contributed by atoms with E-state index in [2.05, 4.69) is 20.0 Å². The molecule has 3 aliphatic heterocycles. The molecule has 1 aromatic heterocycles. The monoisotopic (exact) mass is 409 g/mol.